The number of thiocarbonyl (C=S) groups is 1. The molecule has 4 nitrogen and oxygen atoms in total. The van der Waals surface area contributed by atoms with E-state index in [9.17, 15) is 0 Å². The van der Waals surface area contributed by atoms with Crippen LogP contribution < -0.4 is 20.1 Å². The number of hydrogen-bond donors (Lipinski definition) is 2. The molecule has 0 spiro atoms. The van der Waals surface area contributed by atoms with Gasteiger partial charge in [-0.2, -0.15) is 0 Å². The number of fused-ring (bicyclic) bond motifs is 1. The molecule has 0 unspecified atom stereocenters. The van der Waals surface area contributed by atoms with E-state index in [0.29, 0.717) is 18.3 Å². The third-order valence-corrected chi connectivity index (χ3v) is 2.58. The fourth-order valence-corrected chi connectivity index (χ4v) is 1.75. The van der Waals surface area contributed by atoms with Crippen molar-refractivity contribution in [2.24, 2.45) is 0 Å². The molecule has 0 aliphatic carbocycles. The molecule has 1 heterocycles. The number of benzene rings is 1. The standard InChI is InChI=1S/C12H16N2O2S/c1-2-5-13-12(17)14-9-3-4-10-11(8-9)16-7-6-15-10/h3-4,8H,2,5-7H2,1H3,(H2,13,14,17). The van der Waals surface area contributed by atoms with Crippen molar-refractivity contribution in [2.75, 3.05) is 25.1 Å². The van der Waals surface area contributed by atoms with E-state index in [4.69, 9.17) is 21.7 Å². The van der Waals surface area contributed by atoms with Crippen LogP contribution in [-0.2, 0) is 0 Å². The third kappa shape index (κ3) is 3.23. The topological polar surface area (TPSA) is 42.5 Å². The van der Waals surface area contributed by atoms with E-state index in [-0.39, 0.29) is 0 Å². The first-order valence-electron chi connectivity index (χ1n) is 5.74. The van der Waals surface area contributed by atoms with Crippen molar-refractivity contribution < 1.29 is 9.47 Å². The smallest absolute Gasteiger partial charge is 0.170 e. The van der Waals surface area contributed by atoms with Crippen LogP contribution in [0, 0.1) is 0 Å². The Labute approximate surface area is 106 Å². The van der Waals surface area contributed by atoms with Gasteiger partial charge in [0.1, 0.15) is 13.2 Å². The van der Waals surface area contributed by atoms with Gasteiger partial charge in [-0.25, -0.2) is 0 Å². The van der Waals surface area contributed by atoms with E-state index in [1.807, 2.05) is 18.2 Å². The van der Waals surface area contributed by atoms with Gasteiger partial charge in [0, 0.05) is 18.3 Å². The van der Waals surface area contributed by atoms with E-state index >= 15 is 0 Å². The first-order valence-corrected chi connectivity index (χ1v) is 6.15. The van der Waals surface area contributed by atoms with Crippen LogP contribution >= 0.6 is 12.2 Å². The monoisotopic (exact) mass is 252 g/mol. The average molecular weight is 252 g/mol. The molecule has 2 rings (SSSR count). The molecule has 0 atom stereocenters. The molecular weight excluding hydrogens is 236 g/mol. The van der Waals surface area contributed by atoms with Gasteiger partial charge < -0.3 is 20.1 Å². The number of anilines is 1. The van der Waals surface area contributed by atoms with Gasteiger partial charge in [0.05, 0.1) is 0 Å². The lowest BCUT2D eigenvalue weighted by atomic mass is 10.2. The van der Waals surface area contributed by atoms with E-state index in [0.717, 1.165) is 30.2 Å². The summed E-state index contributed by atoms with van der Waals surface area (Å²) in [6, 6.07) is 5.71. The molecule has 0 radical (unpaired) electrons. The fourth-order valence-electron chi connectivity index (χ4n) is 1.53. The minimum absolute atomic E-state index is 0.592. The molecule has 1 aliphatic heterocycles. The minimum Gasteiger partial charge on any atom is -0.486 e. The number of rotatable bonds is 3. The largest absolute Gasteiger partial charge is 0.486 e. The van der Waals surface area contributed by atoms with Crippen molar-refractivity contribution in [1.82, 2.24) is 5.32 Å². The summed E-state index contributed by atoms with van der Waals surface area (Å²) >= 11 is 5.16. The molecule has 0 bridgehead atoms. The molecule has 2 N–H and O–H groups in total. The van der Waals surface area contributed by atoms with E-state index in [2.05, 4.69) is 17.6 Å². The van der Waals surface area contributed by atoms with Gasteiger partial charge in [0.15, 0.2) is 16.6 Å². The quantitative estimate of drug-likeness (QED) is 0.807. The highest BCUT2D eigenvalue weighted by molar-refractivity contribution is 7.80. The minimum atomic E-state index is 0.592. The Morgan fingerprint density at radius 1 is 1.29 bits per heavy atom. The predicted molar refractivity (Wildman–Crippen MR) is 71.9 cm³/mol. The third-order valence-electron chi connectivity index (χ3n) is 2.34. The second-order valence-electron chi connectivity index (χ2n) is 3.74. The molecule has 0 amide bonds. The summed E-state index contributed by atoms with van der Waals surface area (Å²) in [7, 11) is 0. The molecule has 0 saturated carbocycles. The van der Waals surface area contributed by atoms with Crippen LogP contribution in [0.15, 0.2) is 18.2 Å². The Morgan fingerprint density at radius 3 is 2.82 bits per heavy atom. The fraction of sp³-hybridized carbons (Fsp3) is 0.417. The number of nitrogens with one attached hydrogen (secondary N) is 2. The van der Waals surface area contributed by atoms with Crippen molar-refractivity contribution in [3.8, 4) is 11.5 Å². The maximum absolute atomic E-state index is 5.50. The summed E-state index contributed by atoms with van der Waals surface area (Å²) in [5, 5.41) is 6.85. The first kappa shape index (κ1) is 12.0. The lowest BCUT2D eigenvalue weighted by molar-refractivity contribution is 0.171. The molecule has 5 heteroatoms. The summed E-state index contributed by atoms with van der Waals surface area (Å²) in [5.41, 5.74) is 0.905. The SMILES string of the molecule is CCCNC(=S)Nc1ccc2c(c1)OCCO2. The molecule has 0 saturated heterocycles. The highest BCUT2D eigenvalue weighted by Gasteiger charge is 2.11. The maximum Gasteiger partial charge on any atom is 0.170 e. The molecule has 0 aromatic heterocycles. The Hall–Kier alpha value is -1.49. The van der Waals surface area contributed by atoms with Crippen molar-refractivity contribution in [3.63, 3.8) is 0 Å². The van der Waals surface area contributed by atoms with Gasteiger partial charge in [-0.3, -0.25) is 0 Å². The van der Waals surface area contributed by atoms with Crippen LogP contribution in [-0.4, -0.2) is 24.9 Å². The van der Waals surface area contributed by atoms with Gasteiger partial charge in [-0.1, -0.05) is 6.92 Å². The maximum atomic E-state index is 5.50. The number of ether oxygens (including phenoxy) is 2. The zero-order chi connectivity index (χ0) is 12.1. The highest BCUT2D eigenvalue weighted by atomic mass is 32.1. The van der Waals surface area contributed by atoms with E-state index < -0.39 is 0 Å². The molecular formula is C12H16N2O2S. The van der Waals surface area contributed by atoms with Crippen LogP contribution in [0.5, 0.6) is 11.5 Å². The zero-order valence-corrected chi connectivity index (χ0v) is 10.6. The molecule has 1 aromatic rings. The van der Waals surface area contributed by atoms with Gasteiger partial charge in [-0.05, 0) is 30.8 Å². The molecule has 1 aromatic carbocycles. The highest BCUT2D eigenvalue weighted by Crippen LogP contribution is 2.32. The van der Waals surface area contributed by atoms with Crippen LogP contribution in [0.1, 0.15) is 13.3 Å². The van der Waals surface area contributed by atoms with Crippen molar-refractivity contribution >= 4 is 23.0 Å². The molecule has 92 valence electrons. The first-order chi connectivity index (χ1) is 8.29. The summed E-state index contributed by atoms with van der Waals surface area (Å²) < 4.78 is 10.9. The second-order valence-corrected chi connectivity index (χ2v) is 4.15. The van der Waals surface area contributed by atoms with Gasteiger partial charge >= 0.3 is 0 Å². The Morgan fingerprint density at radius 2 is 2.06 bits per heavy atom. The lowest BCUT2D eigenvalue weighted by Crippen LogP contribution is -2.28. The molecule has 17 heavy (non-hydrogen) atoms. The zero-order valence-electron chi connectivity index (χ0n) is 9.79. The van der Waals surface area contributed by atoms with Crippen LogP contribution in [0.2, 0.25) is 0 Å². The van der Waals surface area contributed by atoms with Crippen LogP contribution in [0.4, 0.5) is 5.69 Å². The lowest BCUT2D eigenvalue weighted by Gasteiger charge is -2.19. The number of hydrogen-bond acceptors (Lipinski definition) is 3. The summed E-state index contributed by atoms with van der Waals surface area (Å²) in [6.07, 6.45) is 1.04. The van der Waals surface area contributed by atoms with E-state index in [1.165, 1.54) is 0 Å². The van der Waals surface area contributed by atoms with Gasteiger partial charge in [0.25, 0.3) is 0 Å². The van der Waals surface area contributed by atoms with Gasteiger partial charge in [0.2, 0.25) is 0 Å². The average Bonchev–Trinajstić information content (AvgIpc) is 2.36. The predicted octanol–water partition coefficient (Wildman–Crippen LogP) is 2.15. The Balaban J connectivity index is 1.99. The van der Waals surface area contributed by atoms with Gasteiger partial charge in [-0.15, -0.1) is 0 Å². The van der Waals surface area contributed by atoms with Crippen molar-refractivity contribution in [1.29, 1.82) is 0 Å². The molecule has 0 fully saturated rings. The Bertz CT molecular complexity index is 409. The Kier molecular flexibility index (Phi) is 4.03. The second kappa shape index (κ2) is 5.72. The van der Waals surface area contributed by atoms with E-state index in [1.54, 1.807) is 0 Å². The molecule has 1 aliphatic rings. The summed E-state index contributed by atoms with van der Waals surface area (Å²) in [5.74, 6) is 1.55. The van der Waals surface area contributed by atoms with Crippen molar-refractivity contribution in [3.05, 3.63) is 18.2 Å². The van der Waals surface area contributed by atoms with Crippen molar-refractivity contribution in [2.45, 2.75) is 13.3 Å². The summed E-state index contributed by atoms with van der Waals surface area (Å²) in [6.45, 7) is 4.17. The van der Waals surface area contributed by atoms with Crippen LogP contribution in [0.3, 0.4) is 0 Å². The normalized spacial score (nSPS) is 13.0. The summed E-state index contributed by atoms with van der Waals surface area (Å²) in [4.78, 5) is 0. The van der Waals surface area contributed by atoms with Crippen LogP contribution in [0.25, 0.3) is 0 Å².